The molecule has 0 aliphatic carbocycles. The van der Waals surface area contributed by atoms with Gasteiger partial charge >= 0.3 is 0 Å². The maximum absolute atomic E-state index is 14.0. The summed E-state index contributed by atoms with van der Waals surface area (Å²) in [5, 5.41) is 4.20. The number of aromatic nitrogens is 4. The fraction of sp³-hybridized carbons (Fsp3) is 0.281. The van der Waals surface area contributed by atoms with Crippen LogP contribution in [0.15, 0.2) is 71.8 Å². The van der Waals surface area contributed by atoms with E-state index in [2.05, 4.69) is 20.2 Å². The summed E-state index contributed by atoms with van der Waals surface area (Å²) in [6.07, 6.45) is 3.07. The third kappa shape index (κ3) is 4.78. The third-order valence-electron chi connectivity index (χ3n) is 8.02. The number of rotatable bonds is 7. The SMILES string of the molecule is COc1c(C(=O)NC2CCN(c3cc(C)ncn3)CC2)n(C)c2c1c(=O)n(CC(=O)c1ccccc1)c1ccccc21. The number of carbonyl (C=O) groups excluding carboxylic acids is 2. The van der Waals surface area contributed by atoms with E-state index in [1.54, 1.807) is 42.2 Å². The number of benzene rings is 2. The molecule has 42 heavy (non-hydrogen) atoms. The van der Waals surface area contributed by atoms with Crippen LogP contribution in [0.25, 0.3) is 21.8 Å². The maximum atomic E-state index is 14.0. The number of piperidine rings is 1. The minimum Gasteiger partial charge on any atom is -0.493 e. The first kappa shape index (κ1) is 27.2. The van der Waals surface area contributed by atoms with Gasteiger partial charge in [0.25, 0.3) is 11.5 Å². The van der Waals surface area contributed by atoms with Crippen molar-refractivity contribution in [1.29, 1.82) is 0 Å². The summed E-state index contributed by atoms with van der Waals surface area (Å²) < 4.78 is 8.95. The molecule has 1 fully saturated rings. The molecule has 10 heteroatoms. The van der Waals surface area contributed by atoms with Crippen molar-refractivity contribution >= 4 is 39.3 Å². The van der Waals surface area contributed by atoms with Crippen molar-refractivity contribution in [2.24, 2.45) is 7.05 Å². The van der Waals surface area contributed by atoms with Gasteiger partial charge in [0.1, 0.15) is 17.5 Å². The molecular formula is C32H32N6O4. The molecule has 3 aromatic heterocycles. The zero-order chi connectivity index (χ0) is 29.4. The van der Waals surface area contributed by atoms with Gasteiger partial charge in [-0.25, -0.2) is 9.97 Å². The van der Waals surface area contributed by atoms with E-state index in [0.717, 1.165) is 42.8 Å². The Morgan fingerprint density at radius 3 is 2.45 bits per heavy atom. The van der Waals surface area contributed by atoms with Crippen molar-refractivity contribution in [2.45, 2.75) is 32.4 Å². The van der Waals surface area contributed by atoms with Gasteiger partial charge < -0.3 is 19.5 Å². The number of para-hydroxylation sites is 1. The first-order chi connectivity index (χ1) is 20.4. The second-order valence-corrected chi connectivity index (χ2v) is 10.6. The molecule has 2 aromatic carbocycles. The van der Waals surface area contributed by atoms with Gasteiger partial charge in [-0.3, -0.25) is 19.0 Å². The average molecular weight is 565 g/mol. The van der Waals surface area contributed by atoms with Crippen LogP contribution in [-0.2, 0) is 13.6 Å². The van der Waals surface area contributed by atoms with Crippen molar-refractivity contribution in [1.82, 2.24) is 24.4 Å². The number of ether oxygens (including phenoxy) is 1. The number of Topliss-reactive ketones (excluding diaryl/α,β-unsaturated/α-hetero) is 1. The summed E-state index contributed by atoms with van der Waals surface area (Å²) in [4.78, 5) is 51.7. The quantitative estimate of drug-likeness (QED) is 0.299. The third-order valence-corrected chi connectivity index (χ3v) is 8.02. The topological polar surface area (TPSA) is 111 Å². The Morgan fingerprint density at radius 1 is 1.02 bits per heavy atom. The number of anilines is 1. The van der Waals surface area contributed by atoms with Crippen molar-refractivity contribution < 1.29 is 14.3 Å². The predicted octanol–water partition coefficient (Wildman–Crippen LogP) is 3.88. The highest BCUT2D eigenvalue weighted by molar-refractivity contribution is 6.12. The molecular weight excluding hydrogens is 532 g/mol. The van der Waals surface area contributed by atoms with Crippen molar-refractivity contribution in [3.8, 4) is 5.75 Å². The molecule has 1 aliphatic heterocycles. The van der Waals surface area contributed by atoms with Crippen LogP contribution in [0.1, 0.15) is 39.4 Å². The normalized spacial score (nSPS) is 13.9. The lowest BCUT2D eigenvalue weighted by atomic mass is 10.0. The molecule has 0 radical (unpaired) electrons. The lowest BCUT2D eigenvalue weighted by Gasteiger charge is -2.33. The van der Waals surface area contributed by atoms with Crippen LogP contribution in [0.4, 0.5) is 5.82 Å². The monoisotopic (exact) mass is 564 g/mol. The second kappa shape index (κ2) is 11.1. The Kier molecular flexibility index (Phi) is 7.20. The summed E-state index contributed by atoms with van der Waals surface area (Å²) in [7, 11) is 3.23. The van der Waals surface area contributed by atoms with Gasteiger partial charge in [-0.15, -0.1) is 0 Å². The van der Waals surface area contributed by atoms with Gasteiger partial charge in [0.05, 0.1) is 24.7 Å². The average Bonchev–Trinajstić information content (AvgIpc) is 3.32. The predicted molar refractivity (Wildman–Crippen MR) is 161 cm³/mol. The van der Waals surface area contributed by atoms with Gasteiger partial charge in [-0.1, -0.05) is 48.5 Å². The summed E-state index contributed by atoms with van der Waals surface area (Å²) >= 11 is 0. The maximum Gasteiger partial charge on any atom is 0.272 e. The van der Waals surface area contributed by atoms with E-state index in [9.17, 15) is 14.4 Å². The molecule has 0 saturated carbocycles. The highest BCUT2D eigenvalue weighted by Crippen LogP contribution is 2.35. The Labute approximate surface area is 242 Å². The molecule has 6 rings (SSSR count). The van der Waals surface area contributed by atoms with Gasteiger partial charge in [-0.05, 0) is 25.8 Å². The van der Waals surface area contributed by atoms with Crippen molar-refractivity contribution in [3.05, 3.63) is 94.3 Å². The number of amides is 1. The van der Waals surface area contributed by atoms with E-state index in [0.29, 0.717) is 16.6 Å². The zero-order valence-electron chi connectivity index (χ0n) is 23.8. The molecule has 0 bridgehead atoms. The van der Waals surface area contributed by atoms with Crippen LogP contribution < -0.4 is 20.5 Å². The standard InChI is InChI=1S/C32H32N6O4/c1-20-17-26(34-19-33-20)37-15-13-22(14-16-37)35-31(40)29-30(42-3)27-28(36(29)2)23-11-7-8-12-24(23)38(32(27)41)18-25(39)21-9-5-4-6-10-21/h4-12,17,19,22H,13-16,18H2,1-3H3,(H,35,40). The molecule has 1 amide bonds. The molecule has 10 nitrogen and oxygen atoms in total. The lowest BCUT2D eigenvalue weighted by molar-refractivity contribution is 0.0918. The van der Waals surface area contributed by atoms with Crippen molar-refractivity contribution in [2.75, 3.05) is 25.1 Å². The van der Waals surface area contributed by atoms with Crippen LogP contribution >= 0.6 is 0 Å². The van der Waals surface area contributed by atoms with Gasteiger partial charge in [0.2, 0.25) is 0 Å². The summed E-state index contributed by atoms with van der Waals surface area (Å²) in [5.74, 6) is 0.600. The number of aryl methyl sites for hydroxylation is 2. The molecule has 5 aromatic rings. The molecule has 0 spiro atoms. The summed E-state index contributed by atoms with van der Waals surface area (Å²) in [5.41, 5.74) is 2.53. The molecule has 0 unspecified atom stereocenters. The first-order valence-electron chi connectivity index (χ1n) is 14.0. The number of pyridine rings is 1. The lowest BCUT2D eigenvalue weighted by Crippen LogP contribution is -2.45. The number of methoxy groups -OCH3 is 1. The zero-order valence-corrected chi connectivity index (χ0v) is 23.8. The van der Waals surface area contributed by atoms with E-state index < -0.39 is 0 Å². The Balaban J connectivity index is 1.34. The number of nitrogens with zero attached hydrogens (tertiary/aromatic N) is 5. The smallest absolute Gasteiger partial charge is 0.272 e. The van der Waals surface area contributed by atoms with Crippen LogP contribution in [0.2, 0.25) is 0 Å². The van der Waals surface area contributed by atoms with E-state index in [-0.39, 0.29) is 46.7 Å². The molecule has 214 valence electrons. The number of nitrogens with one attached hydrogen (secondary N) is 1. The number of ketones is 1. The fourth-order valence-electron chi connectivity index (χ4n) is 5.92. The van der Waals surface area contributed by atoms with E-state index in [1.165, 1.54) is 11.7 Å². The summed E-state index contributed by atoms with van der Waals surface area (Å²) in [6.45, 7) is 3.30. The number of hydrogen-bond acceptors (Lipinski definition) is 7. The van der Waals surface area contributed by atoms with Gasteiger partial charge in [0, 0.05) is 48.9 Å². The second-order valence-electron chi connectivity index (χ2n) is 10.6. The molecule has 1 N–H and O–H groups in total. The van der Waals surface area contributed by atoms with Gasteiger partial charge in [0.15, 0.2) is 17.2 Å². The van der Waals surface area contributed by atoms with E-state index in [4.69, 9.17) is 4.74 Å². The number of hydrogen-bond donors (Lipinski definition) is 1. The van der Waals surface area contributed by atoms with Crippen LogP contribution in [0, 0.1) is 6.92 Å². The van der Waals surface area contributed by atoms with E-state index in [1.807, 2.05) is 43.3 Å². The highest BCUT2D eigenvalue weighted by Gasteiger charge is 2.30. The highest BCUT2D eigenvalue weighted by atomic mass is 16.5. The molecule has 1 aliphatic rings. The number of fused-ring (bicyclic) bond motifs is 3. The van der Waals surface area contributed by atoms with Crippen LogP contribution in [0.3, 0.4) is 0 Å². The number of carbonyl (C=O) groups is 2. The van der Waals surface area contributed by atoms with Crippen LogP contribution in [-0.4, -0.2) is 57.0 Å². The molecule has 0 atom stereocenters. The Hall–Kier alpha value is -4.99. The van der Waals surface area contributed by atoms with Crippen molar-refractivity contribution in [3.63, 3.8) is 0 Å². The van der Waals surface area contributed by atoms with Crippen LogP contribution in [0.5, 0.6) is 5.75 Å². The molecule has 4 heterocycles. The molecule has 1 saturated heterocycles. The first-order valence-corrected chi connectivity index (χ1v) is 14.0. The minimum absolute atomic E-state index is 0.0451. The fourth-order valence-corrected chi connectivity index (χ4v) is 5.92. The minimum atomic E-state index is -0.382. The van der Waals surface area contributed by atoms with E-state index >= 15 is 0 Å². The van der Waals surface area contributed by atoms with Gasteiger partial charge in [-0.2, -0.15) is 0 Å². The summed E-state index contributed by atoms with van der Waals surface area (Å²) in [6, 6.07) is 18.2. The Morgan fingerprint density at radius 2 is 1.74 bits per heavy atom. The largest absolute Gasteiger partial charge is 0.493 e. The Bertz CT molecular complexity index is 1870.